The van der Waals surface area contributed by atoms with Gasteiger partial charge in [0.15, 0.2) is 0 Å². The summed E-state index contributed by atoms with van der Waals surface area (Å²) in [6.07, 6.45) is 1.53. The van der Waals surface area contributed by atoms with E-state index in [1.165, 1.54) is 6.20 Å². The van der Waals surface area contributed by atoms with Crippen molar-refractivity contribution in [3.05, 3.63) is 23.9 Å². The first-order valence-electron chi connectivity index (χ1n) is 5.97. The normalized spacial score (nSPS) is 13.0. The Hall–Kier alpha value is -1.62. The van der Waals surface area contributed by atoms with Gasteiger partial charge in [0.05, 0.1) is 5.56 Å². The third-order valence-corrected chi connectivity index (χ3v) is 3.31. The van der Waals surface area contributed by atoms with E-state index < -0.39 is 0 Å². The van der Waals surface area contributed by atoms with Crippen molar-refractivity contribution in [3.63, 3.8) is 0 Å². The van der Waals surface area contributed by atoms with Crippen LogP contribution in [0, 0.1) is 5.41 Å². The number of pyridine rings is 1. The van der Waals surface area contributed by atoms with Crippen molar-refractivity contribution in [2.75, 3.05) is 12.5 Å². The lowest BCUT2D eigenvalue weighted by molar-refractivity contribution is 0.0629. The number of nitrogens with zero attached hydrogens (tertiary/aromatic N) is 2. The molecule has 1 aromatic rings. The third-order valence-electron chi connectivity index (χ3n) is 3.31. The van der Waals surface area contributed by atoms with E-state index in [4.69, 9.17) is 5.84 Å². The molecule has 5 heteroatoms. The molecule has 0 spiro atoms. The molecule has 0 aliphatic rings. The molecule has 1 amide bonds. The summed E-state index contributed by atoms with van der Waals surface area (Å²) in [5, 5.41) is 0. The molecule has 1 heterocycles. The summed E-state index contributed by atoms with van der Waals surface area (Å²) in [6.45, 7) is 8.38. The van der Waals surface area contributed by atoms with Gasteiger partial charge in [0, 0.05) is 19.3 Å². The molecule has 1 atom stereocenters. The maximum atomic E-state index is 12.3. The van der Waals surface area contributed by atoms with Gasteiger partial charge in [-0.25, -0.2) is 10.8 Å². The van der Waals surface area contributed by atoms with Gasteiger partial charge in [-0.15, -0.1) is 0 Å². The van der Waals surface area contributed by atoms with Gasteiger partial charge in [0.25, 0.3) is 5.91 Å². The van der Waals surface area contributed by atoms with Crippen LogP contribution in [0.2, 0.25) is 0 Å². The van der Waals surface area contributed by atoms with E-state index in [1.54, 1.807) is 17.0 Å². The SMILES string of the molecule is CC(N(C)C(=O)c1ccc(NN)nc1)C(C)(C)C. The second-order valence-corrected chi connectivity index (χ2v) is 5.53. The smallest absolute Gasteiger partial charge is 0.255 e. The second-order valence-electron chi connectivity index (χ2n) is 5.53. The lowest BCUT2D eigenvalue weighted by Crippen LogP contribution is -2.43. The zero-order chi connectivity index (χ0) is 13.9. The number of carbonyl (C=O) groups is 1. The second kappa shape index (κ2) is 5.35. The minimum atomic E-state index is -0.0338. The molecule has 0 fully saturated rings. The van der Waals surface area contributed by atoms with Crippen LogP contribution in [0.15, 0.2) is 18.3 Å². The zero-order valence-corrected chi connectivity index (χ0v) is 11.7. The van der Waals surface area contributed by atoms with Crippen LogP contribution in [0.4, 0.5) is 5.82 Å². The van der Waals surface area contributed by atoms with Crippen LogP contribution in [0.25, 0.3) is 0 Å². The Kier molecular flexibility index (Phi) is 4.29. The molecule has 1 unspecified atom stereocenters. The number of amides is 1. The van der Waals surface area contributed by atoms with Crippen molar-refractivity contribution >= 4 is 11.7 Å². The van der Waals surface area contributed by atoms with Crippen molar-refractivity contribution < 1.29 is 4.79 Å². The fraction of sp³-hybridized carbons (Fsp3) is 0.538. The molecule has 100 valence electrons. The standard InChI is InChI=1S/C13H22N4O/c1-9(13(2,3)4)17(5)12(18)10-6-7-11(16-14)15-8-10/h6-9H,14H2,1-5H3,(H,15,16). The number of aromatic nitrogens is 1. The number of anilines is 1. The Morgan fingerprint density at radius 2 is 2.06 bits per heavy atom. The average Bonchev–Trinajstić information content (AvgIpc) is 2.35. The van der Waals surface area contributed by atoms with Crippen LogP contribution < -0.4 is 11.3 Å². The van der Waals surface area contributed by atoms with Crippen molar-refractivity contribution in [2.24, 2.45) is 11.3 Å². The zero-order valence-electron chi connectivity index (χ0n) is 11.7. The van der Waals surface area contributed by atoms with E-state index in [9.17, 15) is 4.79 Å². The Balaban J connectivity index is 2.86. The fourth-order valence-corrected chi connectivity index (χ4v) is 1.57. The number of hydrogen-bond acceptors (Lipinski definition) is 4. The summed E-state index contributed by atoms with van der Waals surface area (Å²) in [6, 6.07) is 3.54. The van der Waals surface area contributed by atoms with Crippen molar-refractivity contribution in [1.82, 2.24) is 9.88 Å². The Labute approximate surface area is 108 Å². The maximum absolute atomic E-state index is 12.3. The molecule has 0 saturated carbocycles. The molecule has 5 nitrogen and oxygen atoms in total. The molecule has 0 aliphatic carbocycles. The van der Waals surface area contributed by atoms with Gasteiger partial charge in [0.1, 0.15) is 5.82 Å². The van der Waals surface area contributed by atoms with Crippen LogP contribution in [0.5, 0.6) is 0 Å². The van der Waals surface area contributed by atoms with Crippen LogP contribution in [0.1, 0.15) is 38.1 Å². The summed E-state index contributed by atoms with van der Waals surface area (Å²) in [4.78, 5) is 18.0. The highest BCUT2D eigenvalue weighted by Crippen LogP contribution is 2.24. The summed E-state index contributed by atoms with van der Waals surface area (Å²) < 4.78 is 0. The molecular formula is C13H22N4O. The molecular weight excluding hydrogens is 228 g/mol. The quantitative estimate of drug-likeness (QED) is 0.634. The minimum Gasteiger partial charge on any atom is -0.338 e. The predicted molar refractivity (Wildman–Crippen MR) is 73.1 cm³/mol. The highest BCUT2D eigenvalue weighted by Gasteiger charge is 2.27. The summed E-state index contributed by atoms with van der Waals surface area (Å²) in [5.41, 5.74) is 3.03. The molecule has 0 radical (unpaired) electrons. The van der Waals surface area contributed by atoms with E-state index in [1.807, 2.05) is 14.0 Å². The molecule has 0 aliphatic heterocycles. The molecule has 3 N–H and O–H groups in total. The molecule has 18 heavy (non-hydrogen) atoms. The number of rotatable bonds is 3. The van der Waals surface area contributed by atoms with Crippen molar-refractivity contribution in [3.8, 4) is 0 Å². The number of nitrogen functional groups attached to an aromatic ring is 1. The Morgan fingerprint density at radius 3 is 2.44 bits per heavy atom. The van der Waals surface area contributed by atoms with E-state index in [0.717, 1.165) is 0 Å². The van der Waals surface area contributed by atoms with E-state index in [-0.39, 0.29) is 17.4 Å². The van der Waals surface area contributed by atoms with Gasteiger partial charge in [-0.3, -0.25) is 4.79 Å². The van der Waals surface area contributed by atoms with E-state index in [0.29, 0.717) is 11.4 Å². The highest BCUT2D eigenvalue weighted by atomic mass is 16.2. The van der Waals surface area contributed by atoms with Gasteiger partial charge >= 0.3 is 0 Å². The van der Waals surface area contributed by atoms with Crippen LogP contribution in [-0.4, -0.2) is 28.9 Å². The molecule has 0 bridgehead atoms. The number of nitrogens with one attached hydrogen (secondary N) is 1. The highest BCUT2D eigenvalue weighted by molar-refractivity contribution is 5.94. The Morgan fingerprint density at radius 1 is 1.44 bits per heavy atom. The third kappa shape index (κ3) is 3.20. The van der Waals surface area contributed by atoms with Gasteiger partial charge in [0.2, 0.25) is 0 Å². The summed E-state index contributed by atoms with van der Waals surface area (Å²) in [5.74, 6) is 5.74. The van der Waals surface area contributed by atoms with Crippen molar-refractivity contribution in [2.45, 2.75) is 33.7 Å². The van der Waals surface area contributed by atoms with E-state index in [2.05, 4.69) is 31.2 Å². The topological polar surface area (TPSA) is 71.2 Å². The predicted octanol–water partition coefficient (Wildman–Crippen LogP) is 1.87. The molecule has 1 aromatic heterocycles. The lowest BCUT2D eigenvalue weighted by Gasteiger charge is -2.35. The Bertz CT molecular complexity index is 408. The van der Waals surface area contributed by atoms with Gasteiger partial charge in [-0.1, -0.05) is 20.8 Å². The van der Waals surface area contributed by atoms with Gasteiger partial charge < -0.3 is 10.3 Å². The molecule has 0 aromatic carbocycles. The summed E-state index contributed by atoms with van der Waals surface area (Å²) >= 11 is 0. The van der Waals surface area contributed by atoms with Crippen LogP contribution in [-0.2, 0) is 0 Å². The van der Waals surface area contributed by atoms with Gasteiger partial charge in [-0.2, -0.15) is 0 Å². The number of nitrogens with two attached hydrogens (primary N) is 1. The fourth-order valence-electron chi connectivity index (χ4n) is 1.57. The number of hydrogen-bond donors (Lipinski definition) is 2. The maximum Gasteiger partial charge on any atom is 0.255 e. The van der Waals surface area contributed by atoms with Crippen LogP contribution in [0.3, 0.4) is 0 Å². The number of hydrazine groups is 1. The lowest BCUT2D eigenvalue weighted by atomic mass is 9.87. The largest absolute Gasteiger partial charge is 0.338 e. The summed E-state index contributed by atoms with van der Waals surface area (Å²) in [7, 11) is 1.81. The monoisotopic (exact) mass is 250 g/mol. The first-order chi connectivity index (χ1) is 8.27. The molecule has 0 saturated heterocycles. The first-order valence-corrected chi connectivity index (χ1v) is 5.97. The van der Waals surface area contributed by atoms with Gasteiger partial charge in [-0.05, 0) is 24.5 Å². The minimum absolute atomic E-state index is 0.0338. The van der Waals surface area contributed by atoms with E-state index >= 15 is 0 Å². The van der Waals surface area contributed by atoms with Crippen LogP contribution >= 0.6 is 0 Å². The average molecular weight is 250 g/mol. The number of carbonyl (C=O) groups excluding carboxylic acids is 1. The van der Waals surface area contributed by atoms with Crippen molar-refractivity contribution in [1.29, 1.82) is 0 Å². The first kappa shape index (κ1) is 14.4. The molecule has 1 rings (SSSR count).